The lowest BCUT2D eigenvalue weighted by molar-refractivity contribution is -0.139. The van der Waals surface area contributed by atoms with Gasteiger partial charge in [0.15, 0.2) is 0 Å². The summed E-state index contributed by atoms with van der Waals surface area (Å²) < 4.78 is 0. The Labute approximate surface area is 88.4 Å². The Bertz CT molecular complexity index is 348. The summed E-state index contributed by atoms with van der Waals surface area (Å²) in [5, 5.41) is 18.3. The van der Waals surface area contributed by atoms with Crippen LogP contribution in [0.2, 0.25) is 0 Å². The second-order valence-electron chi connectivity index (χ2n) is 4.10. The third-order valence-electron chi connectivity index (χ3n) is 3.01. The summed E-state index contributed by atoms with van der Waals surface area (Å²) in [5.74, 6) is -0.864. The van der Waals surface area contributed by atoms with Crippen molar-refractivity contribution in [1.82, 2.24) is 0 Å². The molecule has 0 heterocycles. The van der Waals surface area contributed by atoms with Gasteiger partial charge in [-0.1, -0.05) is 24.3 Å². The highest BCUT2D eigenvalue weighted by Gasteiger charge is 2.28. The van der Waals surface area contributed by atoms with Gasteiger partial charge in [-0.2, -0.15) is 0 Å². The highest BCUT2D eigenvalue weighted by molar-refractivity contribution is 5.67. The molecule has 0 saturated heterocycles. The zero-order valence-corrected chi connectivity index (χ0v) is 8.39. The predicted octanol–water partition coefficient (Wildman–Crippen LogP) is 1.24. The van der Waals surface area contributed by atoms with E-state index in [-0.39, 0.29) is 12.3 Å². The summed E-state index contributed by atoms with van der Waals surface area (Å²) in [5.41, 5.74) is 2.49. The zero-order chi connectivity index (χ0) is 10.8. The molecule has 1 aromatic carbocycles. The van der Waals surface area contributed by atoms with Gasteiger partial charge in [0.05, 0.1) is 12.5 Å². The number of carbonyl (C=O) groups is 1. The quantitative estimate of drug-likeness (QED) is 0.782. The first-order valence-corrected chi connectivity index (χ1v) is 5.13. The number of aliphatic carboxylic acids is 1. The molecule has 1 unspecified atom stereocenters. The first-order chi connectivity index (χ1) is 7.16. The fourth-order valence-electron chi connectivity index (χ4n) is 2.21. The molecule has 0 aliphatic heterocycles. The van der Waals surface area contributed by atoms with Crippen LogP contribution in [0.4, 0.5) is 0 Å². The van der Waals surface area contributed by atoms with Crippen LogP contribution in [0.1, 0.15) is 17.5 Å². The average Bonchev–Trinajstić information content (AvgIpc) is 2.59. The Morgan fingerprint density at radius 3 is 2.33 bits per heavy atom. The third-order valence-corrected chi connectivity index (χ3v) is 3.01. The van der Waals surface area contributed by atoms with E-state index in [4.69, 9.17) is 5.11 Å². The van der Waals surface area contributed by atoms with E-state index < -0.39 is 12.1 Å². The molecule has 2 N–H and O–H groups in total. The largest absolute Gasteiger partial charge is 0.481 e. The van der Waals surface area contributed by atoms with Crippen molar-refractivity contribution in [2.45, 2.75) is 25.4 Å². The van der Waals surface area contributed by atoms with Crippen molar-refractivity contribution in [1.29, 1.82) is 0 Å². The fourth-order valence-corrected chi connectivity index (χ4v) is 2.21. The SMILES string of the molecule is O=C(O)CC(O)C1Cc2ccccc2C1. The van der Waals surface area contributed by atoms with Crippen molar-refractivity contribution in [3.8, 4) is 0 Å². The summed E-state index contributed by atoms with van der Waals surface area (Å²) in [6, 6.07) is 8.04. The molecule has 0 amide bonds. The molecular weight excluding hydrogens is 192 g/mol. The summed E-state index contributed by atoms with van der Waals surface area (Å²) in [4.78, 5) is 10.5. The van der Waals surface area contributed by atoms with Gasteiger partial charge in [0, 0.05) is 0 Å². The Balaban J connectivity index is 2.03. The minimum Gasteiger partial charge on any atom is -0.481 e. The maximum absolute atomic E-state index is 10.5. The van der Waals surface area contributed by atoms with Gasteiger partial charge >= 0.3 is 5.97 Å². The summed E-state index contributed by atoms with van der Waals surface area (Å²) >= 11 is 0. The molecule has 0 bridgehead atoms. The minimum atomic E-state index is -0.932. The van der Waals surface area contributed by atoms with Gasteiger partial charge in [0.2, 0.25) is 0 Å². The van der Waals surface area contributed by atoms with E-state index in [2.05, 4.69) is 0 Å². The number of carboxylic acid groups (broad SMARTS) is 1. The second kappa shape index (κ2) is 4.03. The topological polar surface area (TPSA) is 57.5 Å². The number of hydrogen-bond acceptors (Lipinski definition) is 2. The summed E-state index contributed by atoms with van der Waals surface area (Å²) in [6.45, 7) is 0. The molecule has 0 aromatic heterocycles. The van der Waals surface area contributed by atoms with Crippen LogP contribution >= 0.6 is 0 Å². The summed E-state index contributed by atoms with van der Waals surface area (Å²) in [7, 11) is 0. The molecule has 3 nitrogen and oxygen atoms in total. The van der Waals surface area contributed by atoms with E-state index in [1.807, 2.05) is 24.3 Å². The fraction of sp³-hybridized carbons (Fsp3) is 0.417. The molecule has 3 heteroatoms. The molecule has 1 aliphatic rings. The Morgan fingerprint density at radius 2 is 1.87 bits per heavy atom. The number of aliphatic hydroxyl groups excluding tert-OH is 1. The van der Waals surface area contributed by atoms with Crippen LogP contribution in [0.3, 0.4) is 0 Å². The van der Waals surface area contributed by atoms with E-state index in [0.29, 0.717) is 0 Å². The molecule has 1 aromatic rings. The predicted molar refractivity (Wildman–Crippen MR) is 55.6 cm³/mol. The number of aliphatic hydroxyl groups is 1. The van der Waals surface area contributed by atoms with Crippen LogP contribution in [0.15, 0.2) is 24.3 Å². The van der Waals surface area contributed by atoms with Gasteiger partial charge in [0.25, 0.3) is 0 Å². The Hall–Kier alpha value is -1.35. The first kappa shape index (κ1) is 10.2. The highest BCUT2D eigenvalue weighted by Crippen LogP contribution is 2.29. The van der Waals surface area contributed by atoms with Crippen LogP contribution < -0.4 is 0 Å². The third kappa shape index (κ3) is 2.18. The molecule has 1 atom stereocenters. The van der Waals surface area contributed by atoms with E-state index in [1.54, 1.807) is 0 Å². The van der Waals surface area contributed by atoms with Crippen LogP contribution in [-0.4, -0.2) is 22.3 Å². The van der Waals surface area contributed by atoms with Crippen molar-refractivity contribution in [2.75, 3.05) is 0 Å². The van der Waals surface area contributed by atoms with Gasteiger partial charge in [-0.25, -0.2) is 0 Å². The lowest BCUT2D eigenvalue weighted by atomic mass is 9.97. The van der Waals surface area contributed by atoms with Crippen molar-refractivity contribution in [3.05, 3.63) is 35.4 Å². The Morgan fingerprint density at radius 1 is 1.33 bits per heavy atom. The van der Waals surface area contributed by atoms with E-state index >= 15 is 0 Å². The van der Waals surface area contributed by atoms with Gasteiger partial charge in [-0.15, -0.1) is 0 Å². The molecule has 0 saturated carbocycles. The molecular formula is C12H14O3. The zero-order valence-electron chi connectivity index (χ0n) is 8.39. The van der Waals surface area contributed by atoms with Crippen molar-refractivity contribution in [3.63, 3.8) is 0 Å². The monoisotopic (exact) mass is 206 g/mol. The maximum Gasteiger partial charge on any atom is 0.305 e. The normalized spacial score (nSPS) is 17.4. The van der Waals surface area contributed by atoms with Crippen LogP contribution in [0.25, 0.3) is 0 Å². The second-order valence-corrected chi connectivity index (χ2v) is 4.10. The standard InChI is InChI=1S/C12H14O3/c13-11(7-12(14)15)10-5-8-3-1-2-4-9(8)6-10/h1-4,10-11,13H,5-7H2,(H,14,15). The molecule has 1 aliphatic carbocycles. The van der Waals surface area contributed by atoms with Crippen LogP contribution in [0.5, 0.6) is 0 Å². The first-order valence-electron chi connectivity index (χ1n) is 5.13. The number of rotatable bonds is 3. The molecule has 0 spiro atoms. The van der Waals surface area contributed by atoms with Crippen LogP contribution in [0, 0.1) is 5.92 Å². The van der Waals surface area contributed by atoms with Gasteiger partial charge in [-0.3, -0.25) is 4.79 Å². The van der Waals surface area contributed by atoms with Crippen molar-refractivity contribution >= 4 is 5.97 Å². The number of carboxylic acids is 1. The van der Waals surface area contributed by atoms with Gasteiger partial charge in [-0.05, 0) is 29.9 Å². The molecule has 2 rings (SSSR count). The van der Waals surface area contributed by atoms with E-state index in [1.165, 1.54) is 11.1 Å². The van der Waals surface area contributed by atoms with Gasteiger partial charge in [0.1, 0.15) is 0 Å². The highest BCUT2D eigenvalue weighted by atomic mass is 16.4. The minimum absolute atomic E-state index is 0.0681. The molecule has 15 heavy (non-hydrogen) atoms. The lowest BCUT2D eigenvalue weighted by Gasteiger charge is -2.15. The average molecular weight is 206 g/mol. The molecule has 0 fully saturated rings. The van der Waals surface area contributed by atoms with Crippen LogP contribution in [-0.2, 0) is 17.6 Å². The summed E-state index contributed by atoms with van der Waals surface area (Å²) in [6.07, 6.45) is 0.711. The van der Waals surface area contributed by atoms with E-state index in [0.717, 1.165) is 12.8 Å². The van der Waals surface area contributed by atoms with E-state index in [9.17, 15) is 9.90 Å². The number of hydrogen-bond donors (Lipinski definition) is 2. The number of fused-ring (bicyclic) bond motifs is 1. The maximum atomic E-state index is 10.5. The molecule has 0 radical (unpaired) electrons. The van der Waals surface area contributed by atoms with Gasteiger partial charge < -0.3 is 10.2 Å². The lowest BCUT2D eigenvalue weighted by Crippen LogP contribution is -2.23. The van der Waals surface area contributed by atoms with Crippen molar-refractivity contribution in [2.24, 2.45) is 5.92 Å². The number of benzene rings is 1. The molecule has 80 valence electrons. The Kier molecular flexibility index (Phi) is 2.73. The van der Waals surface area contributed by atoms with Crippen molar-refractivity contribution < 1.29 is 15.0 Å². The smallest absolute Gasteiger partial charge is 0.305 e.